The summed E-state index contributed by atoms with van der Waals surface area (Å²) in [6.07, 6.45) is 9.61. The Balaban J connectivity index is 1.85. The van der Waals surface area contributed by atoms with Crippen LogP contribution in [0.5, 0.6) is 0 Å². The van der Waals surface area contributed by atoms with E-state index in [-0.39, 0.29) is 5.41 Å². The Hall–Kier alpha value is -0.180. The van der Waals surface area contributed by atoms with Crippen LogP contribution < -0.4 is 5.32 Å². The van der Waals surface area contributed by atoms with Crippen LogP contribution in [-0.2, 0) is 4.79 Å². The van der Waals surface area contributed by atoms with Gasteiger partial charge in [0.25, 0.3) is 0 Å². The first kappa shape index (κ1) is 9.08. The molecule has 3 rings (SSSR count). The van der Waals surface area contributed by atoms with Crippen molar-refractivity contribution in [3.63, 3.8) is 0 Å². The molecule has 1 spiro atoms. The minimum atomic E-state index is 0.0690. The molecule has 0 aromatic rings. The number of carbonyl (C=O) groups excluding carboxylic acids is 1. The van der Waals surface area contributed by atoms with Crippen LogP contribution >= 0.6 is 11.8 Å². The standard InChI is InChI=1S/C11H17NOS/c1-14-11(6-7-11)8-10(9(13)12-8)4-2-3-5-10/h8H,2-7H2,1H3,(H,12,13). The summed E-state index contributed by atoms with van der Waals surface area (Å²) in [6, 6.07) is 0.500. The maximum Gasteiger partial charge on any atom is 0.228 e. The molecule has 3 heteroatoms. The van der Waals surface area contributed by atoms with Gasteiger partial charge in [-0.2, -0.15) is 11.8 Å². The SMILES string of the molecule is CSC1(C2NC(=O)C23CCCC3)CC1. The Kier molecular flexibility index (Phi) is 1.74. The Bertz CT molecular complexity index is 279. The molecule has 1 unspecified atom stereocenters. The van der Waals surface area contributed by atoms with E-state index in [0.717, 1.165) is 12.8 Å². The molecule has 3 aliphatic rings. The molecule has 1 saturated heterocycles. The predicted molar refractivity (Wildman–Crippen MR) is 58.3 cm³/mol. The van der Waals surface area contributed by atoms with Crippen LogP contribution in [0.3, 0.4) is 0 Å². The highest BCUT2D eigenvalue weighted by molar-refractivity contribution is 8.00. The largest absolute Gasteiger partial charge is 0.350 e. The van der Waals surface area contributed by atoms with Gasteiger partial charge in [0.1, 0.15) is 0 Å². The van der Waals surface area contributed by atoms with Crippen LogP contribution in [0.25, 0.3) is 0 Å². The fourth-order valence-corrected chi connectivity index (χ4v) is 4.39. The molecular formula is C11H17NOS. The van der Waals surface area contributed by atoms with Gasteiger partial charge in [-0.25, -0.2) is 0 Å². The number of β-lactam (4-membered cyclic amide) rings is 1. The number of rotatable bonds is 2. The molecule has 3 fully saturated rings. The smallest absolute Gasteiger partial charge is 0.228 e. The van der Waals surface area contributed by atoms with E-state index in [1.54, 1.807) is 0 Å². The maximum absolute atomic E-state index is 11.7. The van der Waals surface area contributed by atoms with Gasteiger partial charge in [-0.05, 0) is 31.9 Å². The Morgan fingerprint density at radius 3 is 2.36 bits per heavy atom. The van der Waals surface area contributed by atoms with Crippen LogP contribution in [-0.4, -0.2) is 23.0 Å². The van der Waals surface area contributed by atoms with Gasteiger partial charge in [0.2, 0.25) is 5.91 Å². The lowest BCUT2D eigenvalue weighted by atomic mass is 9.69. The van der Waals surface area contributed by atoms with Gasteiger partial charge in [-0.1, -0.05) is 12.8 Å². The van der Waals surface area contributed by atoms with E-state index < -0.39 is 0 Å². The average Bonchev–Trinajstić information content (AvgIpc) is 2.79. The number of hydrogen-bond acceptors (Lipinski definition) is 2. The zero-order valence-electron chi connectivity index (χ0n) is 8.64. The van der Waals surface area contributed by atoms with Crippen LogP contribution in [0.4, 0.5) is 0 Å². The normalized spacial score (nSPS) is 36.6. The van der Waals surface area contributed by atoms with Crippen LogP contribution in [0.1, 0.15) is 38.5 Å². The topological polar surface area (TPSA) is 29.1 Å². The summed E-state index contributed by atoms with van der Waals surface area (Å²) in [5.41, 5.74) is 0.0690. The van der Waals surface area contributed by atoms with E-state index in [1.165, 1.54) is 25.7 Å². The molecular weight excluding hydrogens is 194 g/mol. The fourth-order valence-electron chi connectivity index (χ4n) is 3.36. The first-order valence-corrected chi connectivity index (χ1v) is 6.82. The summed E-state index contributed by atoms with van der Waals surface area (Å²) >= 11 is 1.97. The second kappa shape index (κ2) is 2.69. The van der Waals surface area contributed by atoms with Crippen molar-refractivity contribution in [2.75, 3.05) is 6.26 Å². The number of carbonyl (C=O) groups is 1. The summed E-state index contributed by atoms with van der Waals surface area (Å²) in [7, 11) is 0. The van der Waals surface area contributed by atoms with Gasteiger partial charge in [0, 0.05) is 4.75 Å². The first-order valence-electron chi connectivity index (χ1n) is 5.60. The van der Waals surface area contributed by atoms with Gasteiger partial charge in [-0.3, -0.25) is 4.79 Å². The third-order valence-electron chi connectivity index (χ3n) is 4.45. The minimum absolute atomic E-state index is 0.0690. The zero-order valence-corrected chi connectivity index (χ0v) is 9.45. The van der Waals surface area contributed by atoms with Gasteiger partial charge >= 0.3 is 0 Å². The third kappa shape index (κ3) is 0.918. The lowest BCUT2D eigenvalue weighted by molar-refractivity contribution is -0.145. The number of thioether (sulfide) groups is 1. The molecule has 1 N–H and O–H groups in total. The Morgan fingerprint density at radius 2 is 1.93 bits per heavy atom. The minimum Gasteiger partial charge on any atom is -0.350 e. The second-order valence-corrected chi connectivity index (χ2v) is 6.26. The van der Waals surface area contributed by atoms with Crippen LogP contribution in [0.2, 0.25) is 0 Å². The van der Waals surface area contributed by atoms with Gasteiger partial charge in [0.15, 0.2) is 0 Å². The third-order valence-corrected chi connectivity index (χ3v) is 5.91. The zero-order chi connectivity index (χ0) is 9.81. The Morgan fingerprint density at radius 1 is 1.29 bits per heavy atom. The van der Waals surface area contributed by atoms with E-state index in [1.807, 2.05) is 11.8 Å². The predicted octanol–water partition coefficient (Wildman–Crippen LogP) is 1.94. The van der Waals surface area contributed by atoms with E-state index in [4.69, 9.17) is 0 Å². The van der Waals surface area contributed by atoms with Gasteiger partial charge < -0.3 is 5.32 Å². The van der Waals surface area contributed by atoms with E-state index in [0.29, 0.717) is 16.7 Å². The van der Waals surface area contributed by atoms with Crippen molar-refractivity contribution in [2.24, 2.45) is 5.41 Å². The van der Waals surface area contributed by atoms with Crippen LogP contribution in [0, 0.1) is 5.41 Å². The highest BCUT2D eigenvalue weighted by atomic mass is 32.2. The summed E-state index contributed by atoms with van der Waals surface area (Å²) in [6.45, 7) is 0. The number of nitrogens with one attached hydrogen (secondary N) is 1. The first-order chi connectivity index (χ1) is 6.73. The van der Waals surface area contributed by atoms with E-state index in [2.05, 4.69) is 11.6 Å². The van der Waals surface area contributed by atoms with Crippen LogP contribution in [0.15, 0.2) is 0 Å². The Labute approximate surface area is 89.2 Å². The second-order valence-electron chi connectivity index (χ2n) is 5.04. The molecule has 2 saturated carbocycles. The molecule has 0 aromatic carbocycles. The molecule has 1 atom stereocenters. The average molecular weight is 211 g/mol. The van der Waals surface area contributed by atoms with Crippen molar-refractivity contribution in [3.8, 4) is 0 Å². The highest BCUT2D eigenvalue weighted by Crippen LogP contribution is 2.61. The molecule has 1 aliphatic heterocycles. The van der Waals surface area contributed by atoms with E-state index in [9.17, 15) is 4.79 Å². The summed E-state index contributed by atoms with van der Waals surface area (Å²) in [5, 5.41) is 3.17. The molecule has 2 aliphatic carbocycles. The maximum atomic E-state index is 11.7. The summed E-state index contributed by atoms with van der Waals surface area (Å²) in [5.74, 6) is 0.348. The molecule has 14 heavy (non-hydrogen) atoms. The molecule has 0 bridgehead atoms. The lowest BCUT2D eigenvalue weighted by Crippen LogP contribution is -2.70. The van der Waals surface area contributed by atoms with E-state index >= 15 is 0 Å². The molecule has 1 heterocycles. The van der Waals surface area contributed by atoms with Crippen molar-refractivity contribution in [1.82, 2.24) is 5.32 Å². The van der Waals surface area contributed by atoms with Gasteiger partial charge in [-0.15, -0.1) is 0 Å². The number of amides is 1. The number of hydrogen-bond donors (Lipinski definition) is 1. The fraction of sp³-hybridized carbons (Fsp3) is 0.909. The van der Waals surface area contributed by atoms with Crippen molar-refractivity contribution in [2.45, 2.75) is 49.3 Å². The quantitative estimate of drug-likeness (QED) is 0.707. The molecule has 0 radical (unpaired) electrons. The monoisotopic (exact) mass is 211 g/mol. The summed E-state index contributed by atoms with van der Waals surface area (Å²) < 4.78 is 0.429. The molecule has 78 valence electrons. The summed E-state index contributed by atoms with van der Waals surface area (Å²) in [4.78, 5) is 11.7. The van der Waals surface area contributed by atoms with Crippen molar-refractivity contribution >= 4 is 17.7 Å². The molecule has 0 aromatic heterocycles. The highest BCUT2D eigenvalue weighted by Gasteiger charge is 2.66. The van der Waals surface area contributed by atoms with Crippen molar-refractivity contribution in [1.29, 1.82) is 0 Å². The van der Waals surface area contributed by atoms with Gasteiger partial charge in [0.05, 0.1) is 11.5 Å². The lowest BCUT2D eigenvalue weighted by Gasteiger charge is -2.50. The van der Waals surface area contributed by atoms with Crippen molar-refractivity contribution in [3.05, 3.63) is 0 Å². The molecule has 2 nitrogen and oxygen atoms in total. The van der Waals surface area contributed by atoms with Crippen molar-refractivity contribution < 1.29 is 4.79 Å². The molecule has 1 amide bonds.